The molecular formula is C13H8FIN2O3. The molecule has 0 aliphatic heterocycles. The first-order valence-corrected chi connectivity index (χ1v) is 6.74. The Bertz CT molecular complexity index is 796. The number of aromatic nitrogens is 2. The van der Waals surface area contributed by atoms with Crippen molar-refractivity contribution in [3.8, 4) is 11.6 Å². The minimum atomic E-state index is -0.990. The van der Waals surface area contributed by atoms with E-state index in [-0.39, 0.29) is 12.4 Å². The Morgan fingerprint density at radius 3 is 2.95 bits per heavy atom. The molecule has 1 N–H and O–H groups in total. The van der Waals surface area contributed by atoms with E-state index in [4.69, 9.17) is 9.52 Å². The molecule has 0 aliphatic carbocycles. The number of fused-ring (bicyclic) bond motifs is 1. The second-order valence-corrected chi connectivity index (χ2v) is 5.22. The molecule has 0 saturated carbocycles. The third kappa shape index (κ3) is 2.07. The highest BCUT2D eigenvalue weighted by atomic mass is 127. The van der Waals surface area contributed by atoms with Crippen LogP contribution in [0.5, 0.6) is 0 Å². The summed E-state index contributed by atoms with van der Waals surface area (Å²) in [6.45, 7) is -0.247. The van der Waals surface area contributed by atoms with E-state index in [1.54, 1.807) is 10.6 Å². The van der Waals surface area contributed by atoms with Gasteiger partial charge in [-0.2, -0.15) is 0 Å². The van der Waals surface area contributed by atoms with Crippen LogP contribution >= 0.6 is 22.6 Å². The molecule has 3 rings (SSSR count). The number of hydrogen-bond acceptors (Lipinski definition) is 3. The zero-order chi connectivity index (χ0) is 14.3. The topological polar surface area (TPSA) is 68.3 Å². The summed E-state index contributed by atoms with van der Waals surface area (Å²) >= 11 is 2.04. The first-order chi connectivity index (χ1) is 9.58. The second-order valence-electron chi connectivity index (χ2n) is 4.14. The van der Waals surface area contributed by atoms with Gasteiger partial charge in [0.1, 0.15) is 24.3 Å². The maximum absolute atomic E-state index is 13.4. The summed E-state index contributed by atoms with van der Waals surface area (Å²) in [6.07, 6.45) is 2.89. The number of aliphatic carboxylic acids is 1. The summed E-state index contributed by atoms with van der Waals surface area (Å²) in [7, 11) is 0. The summed E-state index contributed by atoms with van der Waals surface area (Å²) in [4.78, 5) is 15.1. The van der Waals surface area contributed by atoms with Crippen molar-refractivity contribution in [2.24, 2.45) is 0 Å². The molecule has 0 saturated heterocycles. The minimum Gasteiger partial charge on any atom is -0.480 e. The predicted octanol–water partition coefficient (Wildman–Crippen LogP) is 3.12. The second kappa shape index (κ2) is 4.89. The first-order valence-electron chi connectivity index (χ1n) is 5.67. The molecule has 5 nitrogen and oxygen atoms in total. The molecule has 0 bridgehead atoms. The van der Waals surface area contributed by atoms with Gasteiger partial charge in [-0.05, 0) is 40.8 Å². The molecule has 0 spiro atoms. The number of carboxylic acids is 1. The molecule has 1 aromatic carbocycles. The molecule has 7 heteroatoms. The first kappa shape index (κ1) is 13.1. The van der Waals surface area contributed by atoms with Crippen LogP contribution in [-0.4, -0.2) is 20.6 Å². The molecule has 0 amide bonds. The lowest BCUT2D eigenvalue weighted by molar-refractivity contribution is -0.137. The molecule has 2 heterocycles. The van der Waals surface area contributed by atoms with Crippen molar-refractivity contribution in [2.45, 2.75) is 6.54 Å². The lowest BCUT2D eigenvalue weighted by Crippen LogP contribution is -2.10. The van der Waals surface area contributed by atoms with E-state index >= 15 is 0 Å². The van der Waals surface area contributed by atoms with E-state index in [1.807, 2.05) is 22.6 Å². The summed E-state index contributed by atoms with van der Waals surface area (Å²) in [5.74, 6) is -1.05. The highest BCUT2D eigenvalue weighted by Crippen LogP contribution is 2.34. The zero-order valence-corrected chi connectivity index (χ0v) is 12.2. The van der Waals surface area contributed by atoms with Gasteiger partial charge in [0.2, 0.25) is 5.89 Å². The lowest BCUT2D eigenvalue weighted by Gasteiger charge is -2.05. The van der Waals surface area contributed by atoms with Crippen molar-refractivity contribution >= 4 is 39.5 Å². The number of hydrogen-bond donors (Lipinski definition) is 1. The Balaban J connectivity index is 2.36. The Kier molecular flexibility index (Phi) is 3.20. The predicted molar refractivity (Wildman–Crippen MR) is 77.7 cm³/mol. The van der Waals surface area contributed by atoms with Crippen molar-refractivity contribution < 1.29 is 18.7 Å². The molecule has 0 aliphatic rings. The van der Waals surface area contributed by atoms with Gasteiger partial charge >= 0.3 is 5.97 Å². The minimum absolute atomic E-state index is 0.247. The third-order valence-corrected chi connectivity index (χ3v) is 3.98. The Labute approximate surface area is 126 Å². The monoisotopic (exact) mass is 386 g/mol. The van der Waals surface area contributed by atoms with Crippen LogP contribution < -0.4 is 0 Å². The fourth-order valence-corrected chi connectivity index (χ4v) is 3.09. The number of halogens is 2. The summed E-state index contributed by atoms with van der Waals surface area (Å²) in [6, 6.07) is 4.24. The van der Waals surface area contributed by atoms with Crippen LogP contribution in [0.25, 0.3) is 22.5 Å². The van der Waals surface area contributed by atoms with Crippen molar-refractivity contribution in [1.82, 2.24) is 9.55 Å². The van der Waals surface area contributed by atoms with E-state index in [0.717, 1.165) is 0 Å². The smallest absolute Gasteiger partial charge is 0.323 e. The molecule has 0 fully saturated rings. The van der Waals surface area contributed by atoms with Crippen LogP contribution in [0, 0.1) is 9.39 Å². The van der Waals surface area contributed by atoms with Crippen LogP contribution in [0.15, 0.2) is 35.1 Å². The molecule has 3 aromatic rings. The van der Waals surface area contributed by atoms with Crippen molar-refractivity contribution in [1.29, 1.82) is 0 Å². The fourth-order valence-electron chi connectivity index (χ4n) is 2.14. The number of oxazole rings is 1. The number of carbonyl (C=O) groups is 1. The largest absolute Gasteiger partial charge is 0.480 e. The Morgan fingerprint density at radius 2 is 2.30 bits per heavy atom. The van der Waals surface area contributed by atoms with E-state index in [2.05, 4.69) is 4.98 Å². The normalized spacial score (nSPS) is 11.1. The molecule has 0 unspecified atom stereocenters. The van der Waals surface area contributed by atoms with Crippen LogP contribution in [-0.2, 0) is 11.3 Å². The number of rotatable bonds is 3. The maximum atomic E-state index is 13.4. The van der Waals surface area contributed by atoms with E-state index in [0.29, 0.717) is 26.1 Å². The standard InChI is InChI=1S/C13H8FIN2O3/c14-7-1-2-9-8(5-7)11(15)12(13-16-3-4-20-13)17(9)6-10(18)19/h1-5H,6H2,(H,18,19). The Hall–Kier alpha value is -1.90. The average Bonchev–Trinajstić information content (AvgIpc) is 2.98. The Morgan fingerprint density at radius 1 is 1.50 bits per heavy atom. The molecule has 2 aromatic heterocycles. The average molecular weight is 386 g/mol. The SMILES string of the molecule is O=C(O)Cn1c(-c2ncco2)c(I)c2cc(F)ccc21. The van der Waals surface area contributed by atoms with E-state index < -0.39 is 5.97 Å². The van der Waals surface area contributed by atoms with Crippen LogP contribution in [0.2, 0.25) is 0 Å². The van der Waals surface area contributed by atoms with Gasteiger partial charge < -0.3 is 14.1 Å². The summed E-state index contributed by atoms with van der Waals surface area (Å²) in [5, 5.41) is 9.70. The van der Waals surface area contributed by atoms with Gasteiger partial charge in [0.15, 0.2) is 0 Å². The van der Waals surface area contributed by atoms with Crippen molar-refractivity contribution in [3.63, 3.8) is 0 Å². The highest BCUT2D eigenvalue weighted by molar-refractivity contribution is 14.1. The van der Waals surface area contributed by atoms with Gasteiger partial charge in [-0.1, -0.05) is 0 Å². The molecule has 0 radical (unpaired) electrons. The summed E-state index contributed by atoms with van der Waals surface area (Å²) < 4.78 is 20.9. The van der Waals surface area contributed by atoms with Gasteiger partial charge in [-0.3, -0.25) is 4.79 Å². The highest BCUT2D eigenvalue weighted by Gasteiger charge is 2.21. The van der Waals surface area contributed by atoms with Crippen LogP contribution in [0.3, 0.4) is 0 Å². The molecule has 0 atom stereocenters. The zero-order valence-electron chi connectivity index (χ0n) is 10.0. The number of benzene rings is 1. The number of nitrogens with zero attached hydrogens (tertiary/aromatic N) is 2. The molecular weight excluding hydrogens is 378 g/mol. The van der Waals surface area contributed by atoms with Crippen LogP contribution in [0.4, 0.5) is 4.39 Å². The molecule has 102 valence electrons. The van der Waals surface area contributed by atoms with Gasteiger partial charge in [0.25, 0.3) is 0 Å². The number of carboxylic acid groups (broad SMARTS) is 1. The van der Waals surface area contributed by atoms with Gasteiger partial charge in [0, 0.05) is 5.39 Å². The lowest BCUT2D eigenvalue weighted by atomic mass is 10.2. The van der Waals surface area contributed by atoms with Crippen molar-refractivity contribution in [3.05, 3.63) is 40.0 Å². The van der Waals surface area contributed by atoms with Crippen molar-refractivity contribution in [2.75, 3.05) is 0 Å². The van der Waals surface area contributed by atoms with E-state index in [9.17, 15) is 9.18 Å². The van der Waals surface area contributed by atoms with Gasteiger partial charge in [0.05, 0.1) is 15.3 Å². The fraction of sp³-hybridized carbons (Fsp3) is 0.0769. The van der Waals surface area contributed by atoms with Crippen LogP contribution in [0.1, 0.15) is 0 Å². The molecule has 20 heavy (non-hydrogen) atoms. The maximum Gasteiger partial charge on any atom is 0.323 e. The summed E-state index contributed by atoms with van der Waals surface area (Å²) in [5.41, 5.74) is 1.17. The quantitative estimate of drug-likeness (QED) is 0.703. The van der Waals surface area contributed by atoms with E-state index in [1.165, 1.54) is 24.6 Å². The van der Waals surface area contributed by atoms with Gasteiger partial charge in [-0.25, -0.2) is 9.37 Å². The van der Waals surface area contributed by atoms with Gasteiger partial charge in [-0.15, -0.1) is 0 Å². The third-order valence-electron chi connectivity index (χ3n) is 2.89.